The van der Waals surface area contributed by atoms with E-state index in [1.54, 1.807) is 11.8 Å². The molecule has 1 heterocycles. The van der Waals surface area contributed by atoms with Crippen molar-refractivity contribution in [1.29, 1.82) is 0 Å². The predicted octanol–water partition coefficient (Wildman–Crippen LogP) is 3.76. The Morgan fingerprint density at radius 1 is 1.29 bits per heavy atom. The van der Waals surface area contributed by atoms with Crippen LogP contribution in [0, 0.1) is 11.3 Å². The molecule has 1 fully saturated rings. The molecule has 1 rings (SSSR count). The summed E-state index contributed by atoms with van der Waals surface area (Å²) < 4.78 is 12.0. The zero-order chi connectivity index (χ0) is 18.9. The topological polar surface area (TPSA) is 59.0 Å². The number of hydrogen-bond acceptors (Lipinski definition) is 4. The third kappa shape index (κ3) is 5.74. The molecule has 0 saturated carbocycles. The van der Waals surface area contributed by atoms with Crippen LogP contribution in [0.5, 0.6) is 0 Å². The Hall–Kier alpha value is -0.593. The fraction of sp³-hybridized carbons (Fsp3) is 0.944. The van der Waals surface area contributed by atoms with E-state index >= 15 is 0 Å². The SMILES string of the molecule is CC(O)C[C@]1(O[SiH](C)C)C[C@H](C(C)(C)C)CN1C(=O)OC(C)(C)C. The van der Waals surface area contributed by atoms with Crippen LogP contribution in [0.3, 0.4) is 0 Å². The molecule has 0 spiro atoms. The molecule has 0 aromatic carbocycles. The van der Waals surface area contributed by atoms with Gasteiger partial charge in [0.15, 0.2) is 9.04 Å². The summed E-state index contributed by atoms with van der Waals surface area (Å²) in [7, 11) is -1.42. The van der Waals surface area contributed by atoms with E-state index < -0.39 is 26.5 Å². The van der Waals surface area contributed by atoms with Gasteiger partial charge in [-0.1, -0.05) is 20.8 Å². The highest BCUT2D eigenvalue weighted by Gasteiger charge is 2.53. The number of likely N-dealkylation sites (tertiary alicyclic amines) is 1. The second kappa shape index (κ2) is 7.34. The highest BCUT2D eigenvalue weighted by Crippen LogP contribution is 2.45. The van der Waals surface area contributed by atoms with Gasteiger partial charge < -0.3 is 14.3 Å². The zero-order valence-electron chi connectivity index (χ0n) is 17.0. The molecule has 6 heteroatoms. The molecule has 5 nitrogen and oxygen atoms in total. The van der Waals surface area contributed by atoms with Gasteiger partial charge in [-0.2, -0.15) is 0 Å². The van der Waals surface area contributed by atoms with Gasteiger partial charge in [-0.15, -0.1) is 0 Å². The van der Waals surface area contributed by atoms with Crippen LogP contribution in [-0.4, -0.2) is 49.1 Å². The van der Waals surface area contributed by atoms with Crippen LogP contribution in [0.25, 0.3) is 0 Å². The normalized spacial score (nSPS) is 26.8. The maximum Gasteiger partial charge on any atom is 0.412 e. The van der Waals surface area contributed by atoms with E-state index in [2.05, 4.69) is 33.9 Å². The van der Waals surface area contributed by atoms with Crippen LogP contribution in [-0.2, 0) is 9.16 Å². The predicted molar refractivity (Wildman–Crippen MR) is 99.5 cm³/mol. The van der Waals surface area contributed by atoms with Crippen LogP contribution in [0.4, 0.5) is 4.79 Å². The Balaban J connectivity index is 3.22. The lowest BCUT2D eigenvalue weighted by Gasteiger charge is -2.41. The Bertz CT molecular complexity index is 427. The largest absolute Gasteiger partial charge is 0.444 e. The molecule has 1 aliphatic heterocycles. The van der Waals surface area contributed by atoms with Gasteiger partial charge in [-0.25, -0.2) is 4.79 Å². The van der Waals surface area contributed by atoms with Crippen LogP contribution < -0.4 is 0 Å². The summed E-state index contributed by atoms with van der Waals surface area (Å²) in [5.41, 5.74) is -1.25. The molecule has 0 aromatic rings. The summed E-state index contributed by atoms with van der Waals surface area (Å²) in [4.78, 5) is 14.6. The fourth-order valence-corrected chi connectivity index (χ4v) is 4.54. The van der Waals surface area contributed by atoms with Crippen LogP contribution in [0.15, 0.2) is 0 Å². The van der Waals surface area contributed by atoms with Crippen molar-refractivity contribution in [2.24, 2.45) is 11.3 Å². The number of rotatable bonds is 4. The molecule has 1 saturated heterocycles. The highest BCUT2D eigenvalue weighted by molar-refractivity contribution is 6.48. The van der Waals surface area contributed by atoms with E-state index in [4.69, 9.17) is 9.16 Å². The van der Waals surface area contributed by atoms with E-state index in [1.165, 1.54) is 0 Å². The third-order valence-electron chi connectivity index (χ3n) is 4.37. The summed E-state index contributed by atoms with van der Waals surface area (Å²) in [6.45, 7) is 18.7. The van der Waals surface area contributed by atoms with Gasteiger partial charge in [0, 0.05) is 13.0 Å². The van der Waals surface area contributed by atoms with E-state index in [9.17, 15) is 9.90 Å². The summed E-state index contributed by atoms with van der Waals surface area (Å²) >= 11 is 0. The minimum Gasteiger partial charge on any atom is -0.444 e. The van der Waals surface area contributed by atoms with Gasteiger partial charge in [0.05, 0.1) is 6.10 Å². The van der Waals surface area contributed by atoms with Crippen molar-refractivity contribution in [2.45, 2.75) is 91.8 Å². The zero-order valence-corrected chi connectivity index (χ0v) is 18.1. The Morgan fingerprint density at radius 2 is 1.83 bits per heavy atom. The van der Waals surface area contributed by atoms with Gasteiger partial charge in [-0.3, -0.25) is 4.90 Å². The lowest BCUT2D eigenvalue weighted by Crippen LogP contribution is -2.53. The number of hydrogen-bond donors (Lipinski definition) is 1. The van der Waals surface area contributed by atoms with Crippen molar-refractivity contribution >= 4 is 15.1 Å². The van der Waals surface area contributed by atoms with Gasteiger partial charge >= 0.3 is 6.09 Å². The molecule has 0 aliphatic carbocycles. The smallest absolute Gasteiger partial charge is 0.412 e. The molecule has 24 heavy (non-hydrogen) atoms. The summed E-state index contributed by atoms with van der Waals surface area (Å²) in [6.07, 6.45) is 0.279. The molecule has 3 atom stereocenters. The van der Waals surface area contributed by atoms with Crippen molar-refractivity contribution in [3.05, 3.63) is 0 Å². The molecule has 1 N–H and O–H groups in total. The van der Waals surface area contributed by atoms with Crippen LogP contribution in [0.2, 0.25) is 13.1 Å². The average Bonchev–Trinajstić information content (AvgIpc) is 2.63. The number of carbonyl (C=O) groups is 1. The standard InChI is InChI=1S/C18H37NO4Si/c1-13(20)10-18(23-24(8)9)11-14(16(2,3)4)12-19(18)15(21)22-17(5,6)7/h13-14,20,24H,10-12H2,1-9H3/t13?,14-,18-/m0/s1. The van der Waals surface area contributed by atoms with Gasteiger partial charge in [-0.05, 0) is 58.5 Å². The minimum absolute atomic E-state index is 0.0581. The lowest BCUT2D eigenvalue weighted by molar-refractivity contribution is -0.0891. The number of amides is 1. The van der Waals surface area contributed by atoms with E-state index in [0.29, 0.717) is 18.9 Å². The number of ether oxygens (including phenoxy) is 1. The summed E-state index contributed by atoms with van der Waals surface area (Å²) in [5, 5.41) is 10.1. The van der Waals surface area contributed by atoms with Crippen molar-refractivity contribution in [3.63, 3.8) is 0 Å². The van der Waals surface area contributed by atoms with E-state index in [0.717, 1.165) is 6.42 Å². The monoisotopic (exact) mass is 359 g/mol. The van der Waals surface area contributed by atoms with Crippen LogP contribution in [0.1, 0.15) is 61.3 Å². The first-order valence-electron chi connectivity index (χ1n) is 9.03. The fourth-order valence-electron chi connectivity index (χ4n) is 3.34. The highest BCUT2D eigenvalue weighted by atomic mass is 28.3. The number of aliphatic hydroxyl groups excluding tert-OH is 1. The van der Waals surface area contributed by atoms with Crippen molar-refractivity contribution < 1.29 is 19.1 Å². The molecule has 142 valence electrons. The first-order valence-corrected chi connectivity index (χ1v) is 11.8. The van der Waals surface area contributed by atoms with Gasteiger partial charge in [0.25, 0.3) is 0 Å². The van der Waals surface area contributed by atoms with E-state index in [1.807, 2.05) is 20.8 Å². The number of nitrogens with zero attached hydrogens (tertiary/aromatic N) is 1. The molecule has 1 unspecified atom stereocenters. The van der Waals surface area contributed by atoms with Crippen molar-refractivity contribution in [3.8, 4) is 0 Å². The Kier molecular flexibility index (Phi) is 6.56. The van der Waals surface area contributed by atoms with Gasteiger partial charge in [0.2, 0.25) is 0 Å². The van der Waals surface area contributed by atoms with E-state index in [-0.39, 0.29) is 11.5 Å². The number of aliphatic hydroxyl groups is 1. The molecule has 0 radical (unpaired) electrons. The van der Waals surface area contributed by atoms with Crippen molar-refractivity contribution in [1.82, 2.24) is 4.90 Å². The summed E-state index contributed by atoms with van der Waals surface area (Å²) in [6, 6.07) is 0. The second-order valence-electron chi connectivity index (χ2n) is 9.52. The molecule has 1 amide bonds. The molecular formula is C18H37NO4Si. The van der Waals surface area contributed by atoms with Crippen LogP contribution >= 0.6 is 0 Å². The van der Waals surface area contributed by atoms with Crippen molar-refractivity contribution in [2.75, 3.05) is 6.54 Å². The van der Waals surface area contributed by atoms with Gasteiger partial charge in [0.1, 0.15) is 11.3 Å². The quantitative estimate of drug-likeness (QED) is 0.777. The lowest BCUT2D eigenvalue weighted by atomic mass is 9.78. The first-order chi connectivity index (χ1) is 10.7. The molecular weight excluding hydrogens is 322 g/mol. The third-order valence-corrected chi connectivity index (χ3v) is 5.28. The summed E-state index contributed by atoms with van der Waals surface area (Å²) in [5.74, 6) is 0.302. The Morgan fingerprint density at radius 3 is 2.21 bits per heavy atom. The maximum absolute atomic E-state index is 12.9. The minimum atomic E-state index is -1.42. The first kappa shape index (κ1) is 21.4. The molecule has 0 bridgehead atoms. The number of carbonyl (C=O) groups excluding carboxylic acids is 1. The molecule has 1 aliphatic rings. The second-order valence-corrected chi connectivity index (χ2v) is 11.9. The average molecular weight is 360 g/mol. The molecule has 0 aromatic heterocycles. The Labute approximate surface area is 149 Å². The maximum atomic E-state index is 12.9.